The molecule has 21 heavy (non-hydrogen) atoms. The number of fused-ring (bicyclic) bond motifs is 1. The van der Waals surface area contributed by atoms with Crippen molar-refractivity contribution >= 4 is 43.5 Å². The lowest BCUT2D eigenvalue weighted by Crippen LogP contribution is -2.38. The molecule has 3 rings (SSSR count). The first-order chi connectivity index (χ1) is 10.0. The molecule has 0 unspecified atom stereocenters. The molecular weight excluding hydrogens is 405 g/mol. The summed E-state index contributed by atoms with van der Waals surface area (Å²) in [5, 5.41) is 0. The number of amides is 1. The second kappa shape index (κ2) is 5.77. The average molecular weight is 415 g/mol. The number of carbonyl (C=O) groups is 1. The average Bonchev–Trinajstić information content (AvgIpc) is 2.44. The molecule has 2 aromatic carbocycles. The SMILES string of the molecule is O=C1COc2ccc(Br)cc2N1Cc1ccc(Br)cc1F. The molecule has 6 heteroatoms. The first-order valence-electron chi connectivity index (χ1n) is 6.21. The van der Waals surface area contributed by atoms with E-state index in [9.17, 15) is 9.18 Å². The fourth-order valence-electron chi connectivity index (χ4n) is 2.17. The Bertz CT molecular complexity index is 721. The summed E-state index contributed by atoms with van der Waals surface area (Å²) in [4.78, 5) is 13.6. The van der Waals surface area contributed by atoms with Gasteiger partial charge in [-0.3, -0.25) is 4.79 Å². The molecule has 1 amide bonds. The fraction of sp³-hybridized carbons (Fsp3) is 0.133. The van der Waals surface area contributed by atoms with Gasteiger partial charge in [-0.1, -0.05) is 37.9 Å². The van der Waals surface area contributed by atoms with Crippen molar-refractivity contribution < 1.29 is 13.9 Å². The molecule has 0 aliphatic carbocycles. The first kappa shape index (κ1) is 14.5. The second-order valence-corrected chi connectivity index (χ2v) is 6.45. The number of hydrogen-bond acceptors (Lipinski definition) is 2. The van der Waals surface area contributed by atoms with E-state index < -0.39 is 0 Å². The summed E-state index contributed by atoms with van der Waals surface area (Å²) in [6, 6.07) is 10.2. The van der Waals surface area contributed by atoms with Crippen LogP contribution in [0.5, 0.6) is 5.75 Å². The molecule has 3 nitrogen and oxygen atoms in total. The zero-order chi connectivity index (χ0) is 15.0. The second-order valence-electron chi connectivity index (χ2n) is 4.62. The highest BCUT2D eigenvalue weighted by Crippen LogP contribution is 2.35. The third kappa shape index (κ3) is 2.96. The molecule has 108 valence electrons. The molecule has 0 N–H and O–H groups in total. The maximum Gasteiger partial charge on any atom is 0.265 e. The van der Waals surface area contributed by atoms with E-state index >= 15 is 0 Å². The van der Waals surface area contributed by atoms with Crippen LogP contribution in [0.3, 0.4) is 0 Å². The van der Waals surface area contributed by atoms with E-state index in [0.29, 0.717) is 21.5 Å². The summed E-state index contributed by atoms with van der Waals surface area (Å²) in [5.41, 5.74) is 1.10. The van der Waals surface area contributed by atoms with Gasteiger partial charge in [0.25, 0.3) is 5.91 Å². The Morgan fingerprint density at radius 3 is 2.62 bits per heavy atom. The van der Waals surface area contributed by atoms with Gasteiger partial charge in [-0.05, 0) is 30.3 Å². The highest BCUT2D eigenvalue weighted by Gasteiger charge is 2.26. The van der Waals surface area contributed by atoms with E-state index in [0.717, 1.165) is 4.47 Å². The number of anilines is 1. The van der Waals surface area contributed by atoms with Crippen molar-refractivity contribution in [3.05, 3.63) is 56.7 Å². The molecule has 0 aromatic heterocycles. The van der Waals surface area contributed by atoms with Crippen molar-refractivity contribution in [2.24, 2.45) is 0 Å². The monoisotopic (exact) mass is 413 g/mol. The van der Waals surface area contributed by atoms with Gasteiger partial charge in [0, 0.05) is 14.5 Å². The van der Waals surface area contributed by atoms with Crippen LogP contribution in [-0.4, -0.2) is 12.5 Å². The van der Waals surface area contributed by atoms with Gasteiger partial charge in [0.15, 0.2) is 6.61 Å². The van der Waals surface area contributed by atoms with Crippen LogP contribution < -0.4 is 9.64 Å². The molecular formula is C15H10Br2FNO2. The lowest BCUT2D eigenvalue weighted by molar-refractivity contribution is -0.121. The van der Waals surface area contributed by atoms with Gasteiger partial charge in [-0.15, -0.1) is 0 Å². The number of halogens is 3. The third-order valence-electron chi connectivity index (χ3n) is 3.21. The Hall–Kier alpha value is -1.40. The minimum absolute atomic E-state index is 0.0349. The number of benzene rings is 2. The number of ether oxygens (including phenoxy) is 1. The van der Waals surface area contributed by atoms with Crippen LogP contribution in [-0.2, 0) is 11.3 Å². The van der Waals surface area contributed by atoms with Gasteiger partial charge in [-0.25, -0.2) is 4.39 Å². The number of nitrogens with zero attached hydrogens (tertiary/aromatic N) is 1. The Morgan fingerprint density at radius 1 is 1.14 bits per heavy atom. The highest BCUT2D eigenvalue weighted by molar-refractivity contribution is 9.10. The predicted octanol–water partition coefficient (Wildman–Crippen LogP) is 4.28. The van der Waals surface area contributed by atoms with Gasteiger partial charge in [-0.2, -0.15) is 0 Å². The zero-order valence-corrected chi connectivity index (χ0v) is 13.9. The highest BCUT2D eigenvalue weighted by atomic mass is 79.9. The number of rotatable bonds is 2. The maximum atomic E-state index is 14.0. The van der Waals surface area contributed by atoms with Gasteiger partial charge < -0.3 is 9.64 Å². The van der Waals surface area contributed by atoms with Crippen LogP contribution in [0.25, 0.3) is 0 Å². The van der Waals surface area contributed by atoms with Crippen molar-refractivity contribution in [1.82, 2.24) is 0 Å². The first-order valence-corrected chi connectivity index (χ1v) is 7.80. The number of hydrogen-bond donors (Lipinski definition) is 0. The molecule has 1 aliphatic rings. The van der Waals surface area contributed by atoms with Crippen LogP contribution in [0.4, 0.5) is 10.1 Å². The summed E-state index contributed by atoms with van der Waals surface area (Å²) in [6.07, 6.45) is 0. The van der Waals surface area contributed by atoms with Crippen molar-refractivity contribution in [1.29, 1.82) is 0 Å². The van der Waals surface area contributed by atoms with Gasteiger partial charge in [0.05, 0.1) is 12.2 Å². The maximum absolute atomic E-state index is 14.0. The summed E-state index contributed by atoms with van der Waals surface area (Å²) in [6.45, 7) is 0.136. The Kier molecular flexibility index (Phi) is 3.99. The fourth-order valence-corrected chi connectivity index (χ4v) is 2.85. The Labute approximate surface area is 138 Å². The summed E-state index contributed by atoms with van der Waals surface area (Å²) >= 11 is 6.60. The molecule has 0 saturated heterocycles. The van der Waals surface area contributed by atoms with Crippen molar-refractivity contribution in [2.45, 2.75) is 6.54 Å². The van der Waals surface area contributed by atoms with Gasteiger partial charge in [0.1, 0.15) is 11.6 Å². The normalized spacial score (nSPS) is 13.9. The van der Waals surface area contributed by atoms with Crippen LogP contribution in [0.1, 0.15) is 5.56 Å². The molecule has 0 spiro atoms. The Morgan fingerprint density at radius 2 is 1.86 bits per heavy atom. The van der Waals surface area contributed by atoms with Crippen LogP contribution in [0, 0.1) is 5.82 Å². The summed E-state index contributed by atoms with van der Waals surface area (Å²) in [7, 11) is 0. The molecule has 0 bridgehead atoms. The summed E-state index contributed by atoms with van der Waals surface area (Å²) < 4.78 is 20.9. The molecule has 0 atom stereocenters. The third-order valence-corrected chi connectivity index (χ3v) is 4.19. The van der Waals surface area contributed by atoms with Crippen molar-refractivity contribution in [2.75, 3.05) is 11.5 Å². The van der Waals surface area contributed by atoms with E-state index in [1.165, 1.54) is 11.0 Å². The van der Waals surface area contributed by atoms with E-state index in [2.05, 4.69) is 31.9 Å². The van der Waals surface area contributed by atoms with Crippen LogP contribution >= 0.6 is 31.9 Å². The summed E-state index contributed by atoms with van der Waals surface area (Å²) in [5.74, 6) is 0.0819. The van der Waals surface area contributed by atoms with E-state index in [1.54, 1.807) is 24.3 Å². The zero-order valence-electron chi connectivity index (χ0n) is 10.8. The van der Waals surface area contributed by atoms with Crippen LogP contribution in [0.2, 0.25) is 0 Å². The van der Waals surface area contributed by atoms with E-state index in [-0.39, 0.29) is 24.9 Å². The lowest BCUT2D eigenvalue weighted by Gasteiger charge is -2.29. The van der Waals surface area contributed by atoms with E-state index in [4.69, 9.17) is 4.74 Å². The van der Waals surface area contributed by atoms with Crippen molar-refractivity contribution in [3.8, 4) is 5.75 Å². The minimum Gasteiger partial charge on any atom is -0.482 e. The standard InChI is InChI=1S/C15H10Br2FNO2/c16-10-2-1-9(12(18)5-10)7-19-13-6-11(17)3-4-14(13)21-8-15(19)20/h1-6H,7-8H2. The predicted molar refractivity (Wildman–Crippen MR) is 84.9 cm³/mol. The lowest BCUT2D eigenvalue weighted by atomic mass is 10.1. The molecule has 2 aromatic rings. The quantitative estimate of drug-likeness (QED) is 0.734. The molecule has 1 heterocycles. The topological polar surface area (TPSA) is 29.5 Å². The van der Waals surface area contributed by atoms with E-state index in [1.807, 2.05) is 6.07 Å². The van der Waals surface area contributed by atoms with Crippen LogP contribution in [0.15, 0.2) is 45.3 Å². The molecule has 1 aliphatic heterocycles. The smallest absolute Gasteiger partial charge is 0.265 e. The molecule has 0 fully saturated rings. The minimum atomic E-state index is -0.347. The van der Waals surface area contributed by atoms with Gasteiger partial charge >= 0.3 is 0 Å². The molecule has 0 radical (unpaired) electrons. The largest absolute Gasteiger partial charge is 0.482 e. The Balaban J connectivity index is 1.98. The molecule has 0 saturated carbocycles. The van der Waals surface area contributed by atoms with Crippen molar-refractivity contribution in [3.63, 3.8) is 0 Å². The van der Waals surface area contributed by atoms with Gasteiger partial charge in [0.2, 0.25) is 0 Å². The number of carbonyl (C=O) groups excluding carboxylic acids is 1.